The summed E-state index contributed by atoms with van der Waals surface area (Å²) in [5.41, 5.74) is 2.84. The third kappa shape index (κ3) is 5.41. The van der Waals surface area contributed by atoms with Crippen molar-refractivity contribution in [3.63, 3.8) is 0 Å². The number of fused-ring (bicyclic) bond motifs is 6. The Morgan fingerprint density at radius 1 is 0.886 bits per heavy atom. The van der Waals surface area contributed by atoms with Gasteiger partial charge in [-0.15, -0.1) is 0 Å². The number of aromatic nitrogens is 2. The maximum Gasteiger partial charge on any atom is 0.321 e. The number of nitrogens with zero attached hydrogens (tertiary/aromatic N) is 5. The lowest BCUT2D eigenvalue weighted by molar-refractivity contribution is -0.132. The molecular formula is C32H30FN7O3S. The number of aliphatic imine (C=N–C) groups is 1. The zero-order valence-electron chi connectivity index (χ0n) is 23.8. The van der Waals surface area contributed by atoms with Gasteiger partial charge in [0.1, 0.15) is 23.4 Å². The van der Waals surface area contributed by atoms with Crippen molar-refractivity contribution in [2.45, 2.75) is 31.8 Å². The van der Waals surface area contributed by atoms with Crippen molar-refractivity contribution in [1.29, 1.82) is 0 Å². The summed E-state index contributed by atoms with van der Waals surface area (Å²) < 4.78 is 23.7. The third-order valence-electron chi connectivity index (χ3n) is 8.71. The number of amides is 4. The van der Waals surface area contributed by atoms with Crippen molar-refractivity contribution < 1.29 is 18.8 Å². The normalized spacial score (nSPS) is 21.3. The number of urea groups is 1. The van der Waals surface area contributed by atoms with Crippen molar-refractivity contribution in [3.8, 4) is 0 Å². The molecule has 4 aliphatic rings. The van der Waals surface area contributed by atoms with E-state index in [4.69, 9.17) is 0 Å². The first-order valence-corrected chi connectivity index (χ1v) is 15.5. The zero-order valence-corrected chi connectivity index (χ0v) is 24.6. The lowest BCUT2D eigenvalue weighted by Gasteiger charge is -2.29. The fraction of sp³-hybridized carbons (Fsp3) is 0.312. The molecule has 0 spiro atoms. The Morgan fingerprint density at radius 2 is 1.59 bits per heavy atom. The molecular weight excluding hydrogens is 581 g/mol. The number of rotatable bonds is 5. The molecule has 2 saturated heterocycles. The molecule has 12 heteroatoms. The van der Waals surface area contributed by atoms with Gasteiger partial charge in [-0.05, 0) is 67.9 Å². The SMILES string of the molecule is O=C(Nc1cccc2nsnc12)NC1N=C(c2ccccc2F)c2ccccc2N(CC(=O)N2CC3CCC(CC3)C2)C1=O. The summed E-state index contributed by atoms with van der Waals surface area (Å²) in [7, 11) is 0. The molecule has 4 aromatic rings. The quantitative estimate of drug-likeness (QED) is 0.336. The molecule has 3 aliphatic heterocycles. The molecule has 2 bridgehead atoms. The summed E-state index contributed by atoms with van der Waals surface area (Å²) in [6, 6.07) is 17.7. The first-order chi connectivity index (χ1) is 21.4. The first-order valence-electron chi connectivity index (χ1n) is 14.7. The van der Waals surface area contributed by atoms with Crippen LogP contribution in [-0.2, 0) is 9.59 Å². The second-order valence-corrected chi connectivity index (χ2v) is 12.1. The van der Waals surface area contributed by atoms with E-state index in [0.717, 1.165) is 37.4 Å². The van der Waals surface area contributed by atoms with E-state index >= 15 is 4.39 Å². The monoisotopic (exact) mass is 611 g/mol. The lowest BCUT2D eigenvalue weighted by Crippen LogP contribution is -2.51. The van der Waals surface area contributed by atoms with Gasteiger partial charge in [0.25, 0.3) is 5.91 Å². The van der Waals surface area contributed by atoms with E-state index < -0.39 is 23.9 Å². The van der Waals surface area contributed by atoms with Crippen LogP contribution < -0.4 is 15.5 Å². The fourth-order valence-corrected chi connectivity index (χ4v) is 7.03. The van der Waals surface area contributed by atoms with Crippen molar-refractivity contribution in [3.05, 3.63) is 83.7 Å². The highest BCUT2D eigenvalue weighted by atomic mass is 32.1. The van der Waals surface area contributed by atoms with Gasteiger partial charge in [-0.3, -0.25) is 14.5 Å². The van der Waals surface area contributed by atoms with Crippen LogP contribution in [0, 0.1) is 17.7 Å². The van der Waals surface area contributed by atoms with Crippen LogP contribution in [0.15, 0.2) is 71.7 Å². The minimum Gasteiger partial charge on any atom is -0.341 e. The van der Waals surface area contributed by atoms with E-state index in [1.54, 1.807) is 60.7 Å². The van der Waals surface area contributed by atoms with Crippen LogP contribution in [0.2, 0.25) is 0 Å². The first kappa shape index (κ1) is 28.1. The second kappa shape index (κ2) is 11.8. The Morgan fingerprint density at radius 3 is 2.34 bits per heavy atom. The molecule has 1 saturated carbocycles. The zero-order chi connectivity index (χ0) is 30.2. The highest BCUT2D eigenvalue weighted by molar-refractivity contribution is 7.00. The molecule has 4 amide bonds. The number of benzene rings is 3. The summed E-state index contributed by atoms with van der Waals surface area (Å²) in [6.07, 6.45) is 3.02. The van der Waals surface area contributed by atoms with Crippen LogP contribution in [-0.4, -0.2) is 63.0 Å². The number of nitrogens with one attached hydrogen (secondary N) is 2. The van der Waals surface area contributed by atoms with Gasteiger partial charge in [0.15, 0.2) is 0 Å². The molecule has 224 valence electrons. The van der Waals surface area contributed by atoms with E-state index in [0.29, 0.717) is 52.9 Å². The smallest absolute Gasteiger partial charge is 0.321 e. The summed E-state index contributed by atoms with van der Waals surface area (Å²) in [5, 5.41) is 5.41. The molecule has 1 aromatic heterocycles. The number of carbonyl (C=O) groups excluding carboxylic acids is 3. The van der Waals surface area contributed by atoms with Crippen molar-refractivity contribution in [2.24, 2.45) is 16.8 Å². The summed E-state index contributed by atoms with van der Waals surface area (Å²) in [6.45, 7) is 1.13. The summed E-state index contributed by atoms with van der Waals surface area (Å²) in [4.78, 5) is 49.3. The number of anilines is 2. The average molecular weight is 612 g/mol. The van der Waals surface area contributed by atoms with Gasteiger partial charge < -0.3 is 15.5 Å². The topological polar surface area (TPSA) is 120 Å². The van der Waals surface area contributed by atoms with E-state index in [9.17, 15) is 14.4 Å². The molecule has 1 atom stereocenters. The number of halogens is 1. The summed E-state index contributed by atoms with van der Waals surface area (Å²) >= 11 is 1.02. The average Bonchev–Trinajstić information content (AvgIpc) is 3.26. The van der Waals surface area contributed by atoms with E-state index in [1.165, 1.54) is 11.0 Å². The second-order valence-electron chi connectivity index (χ2n) is 11.5. The van der Waals surface area contributed by atoms with Crippen molar-refractivity contribution in [2.75, 3.05) is 29.9 Å². The predicted octanol–water partition coefficient (Wildman–Crippen LogP) is 4.81. The highest BCUT2D eigenvalue weighted by Crippen LogP contribution is 2.35. The van der Waals surface area contributed by atoms with E-state index in [-0.39, 0.29) is 23.7 Å². The molecule has 44 heavy (non-hydrogen) atoms. The molecule has 2 N–H and O–H groups in total. The molecule has 1 aliphatic carbocycles. The molecule has 8 rings (SSSR count). The Kier molecular flexibility index (Phi) is 7.51. The highest BCUT2D eigenvalue weighted by Gasteiger charge is 2.37. The molecule has 10 nitrogen and oxygen atoms in total. The van der Waals surface area contributed by atoms with Gasteiger partial charge in [-0.2, -0.15) is 8.75 Å². The molecule has 4 heterocycles. The van der Waals surface area contributed by atoms with Crippen molar-refractivity contribution in [1.82, 2.24) is 19.0 Å². The van der Waals surface area contributed by atoms with Gasteiger partial charge in [0.2, 0.25) is 12.1 Å². The fourth-order valence-electron chi connectivity index (χ4n) is 6.48. The van der Waals surface area contributed by atoms with Crippen LogP contribution in [0.5, 0.6) is 0 Å². The molecule has 1 unspecified atom stereocenters. The van der Waals surface area contributed by atoms with Gasteiger partial charge in [-0.1, -0.05) is 36.4 Å². The Bertz CT molecular complexity index is 1770. The number of carbonyl (C=O) groups is 3. The van der Waals surface area contributed by atoms with E-state index in [2.05, 4.69) is 24.4 Å². The van der Waals surface area contributed by atoms with Gasteiger partial charge in [0.05, 0.1) is 28.8 Å². The number of hydrogen-bond acceptors (Lipinski definition) is 7. The number of para-hydroxylation sites is 1. The summed E-state index contributed by atoms with van der Waals surface area (Å²) in [5.74, 6) is -0.345. The van der Waals surface area contributed by atoms with Crippen LogP contribution >= 0.6 is 11.7 Å². The van der Waals surface area contributed by atoms with E-state index in [1.807, 2.05) is 4.90 Å². The van der Waals surface area contributed by atoms with Crippen LogP contribution in [0.25, 0.3) is 11.0 Å². The van der Waals surface area contributed by atoms with Gasteiger partial charge >= 0.3 is 6.03 Å². The maximum absolute atomic E-state index is 15.2. The minimum absolute atomic E-state index is 0.160. The maximum atomic E-state index is 15.2. The van der Waals surface area contributed by atoms with Crippen LogP contribution in [0.4, 0.5) is 20.6 Å². The van der Waals surface area contributed by atoms with Crippen LogP contribution in [0.1, 0.15) is 36.8 Å². The largest absolute Gasteiger partial charge is 0.341 e. The molecule has 3 aromatic carbocycles. The third-order valence-corrected chi connectivity index (χ3v) is 9.25. The van der Waals surface area contributed by atoms with Crippen molar-refractivity contribution >= 4 is 57.7 Å². The Labute approximate surface area is 257 Å². The number of hydrogen-bond donors (Lipinski definition) is 2. The lowest BCUT2D eigenvalue weighted by atomic mass is 9.84. The molecule has 0 radical (unpaired) electrons. The standard InChI is InChI=1S/C32H30FN7O3S/c33-23-8-3-1-6-21(23)28-22-7-2-4-11-26(22)40(18-27(41)39-16-19-12-13-20(17-39)15-14-19)31(42)30(35-28)36-32(43)34-24-9-5-10-25-29(24)38-44-37-25/h1-11,19-20,30H,12-18H2,(H2,34,36,43). The van der Waals surface area contributed by atoms with Crippen LogP contribution in [0.3, 0.4) is 0 Å². The van der Waals surface area contributed by atoms with Gasteiger partial charge in [0, 0.05) is 24.2 Å². The molecule has 3 fully saturated rings. The minimum atomic E-state index is -1.45. The van der Waals surface area contributed by atoms with Gasteiger partial charge in [-0.25, -0.2) is 14.2 Å². The number of benzodiazepines with no additional fused rings is 1. The predicted molar refractivity (Wildman–Crippen MR) is 166 cm³/mol. The Balaban J connectivity index is 1.24. The Hall–Kier alpha value is -4.71.